The van der Waals surface area contributed by atoms with Gasteiger partial charge in [-0.1, -0.05) is 6.07 Å². The van der Waals surface area contributed by atoms with Crippen LogP contribution in [0.3, 0.4) is 0 Å². The van der Waals surface area contributed by atoms with Crippen molar-refractivity contribution < 1.29 is 4.79 Å². The minimum atomic E-state index is -0.101. The zero-order valence-electron chi connectivity index (χ0n) is 11.2. The lowest BCUT2D eigenvalue weighted by Gasteiger charge is -2.17. The molecule has 0 spiro atoms. The Kier molecular flexibility index (Phi) is 4.40. The number of carbonyl (C=O) groups excluding carboxylic acids is 1. The standard InChI is InChI=1S/C15H14N4O/c1-19(11-12-3-2-7-17-10-12)15(20)13-5-8-18-14(9-13)4-6-16/h2-3,5,7-10H,4,11H2,1H3. The molecule has 0 aliphatic carbocycles. The molecular formula is C15H14N4O. The van der Waals surface area contributed by atoms with E-state index >= 15 is 0 Å². The molecule has 0 aromatic carbocycles. The third kappa shape index (κ3) is 3.39. The fourth-order valence-corrected chi connectivity index (χ4v) is 1.85. The van der Waals surface area contributed by atoms with Crippen LogP contribution in [0.15, 0.2) is 42.9 Å². The minimum absolute atomic E-state index is 0.101. The Morgan fingerprint density at radius 1 is 1.40 bits per heavy atom. The summed E-state index contributed by atoms with van der Waals surface area (Å²) in [5, 5.41) is 8.66. The van der Waals surface area contributed by atoms with Gasteiger partial charge in [-0.2, -0.15) is 5.26 Å². The maximum atomic E-state index is 12.3. The molecule has 0 atom stereocenters. The van der Waals surface area contributed by atoms with Gasteiger partial charge in [0.1, 0.15) is 0 Å². The molecule has 0 aliphatic heterocycles. The molecule has 0 saturated heterocycles. The highest BCUT2D eigenvalue weighted by Gasteiger charge is 2.12. The summed E-state index contributed by atoms with van der Waals surface area (Å²) < 4.78 is 0. The van der Waals surface area contributed by atoms with E-state index in [-0.39, 0.29) is 12.3 Å². The smallest absolute Gasteiger partial charge is 0.254 e. The lowest BCUT2D eigenvalue weighted by atomic mass is 10.1. The number of carbonyl (C=O) groups is 1. The highest BCUT2D eigenvalue weighted by molar-refractivity contribution is 5.94. The van der Waals surface area contributed by atoms with Crippen molar-refractivity contribution in [3.05, 3.63) is 59.7 Å². The van der Waals surface area contributed by atoms with Crippen LogP contribution in [0.4, 0.5) is 0 Å². The van der Waals surface area contributed by atoms with E-state index in [4.69, 9.17) is 5.26 Å². The fourth-order valence-electron chi connectivity index (χ4n) is 1.85. The van der Waals surface area contributed by atoms with E-state index in [1.165, 1.54) is 0 Å². The molecule has 2 rings (SSSR count). The topological polar surface area (TPSA) is 69.9 Å². The number of hydrogen-bond donors (Lipinski definition) is 0. The summed E-state index contributed by atoms with van der Waals surface area (Å²) in [4.78, 5) is 22.0. The summed E-state index contributed by atoms with van der Waals surface area (Å²) in [6.07, 6.45) is 5.19. The molecule has 0 fully saturated rings. The van der Waals surface area contributed by atoms with E-state index in [2.05, 4.69) is 9.97 Å². The first-order valence-electron chi connectivity index (χ1n) is 6.17. The molecule has 0 bridgehead atoms. The first-order valence-corrected chi connectivity index (χ1v) is 6.17. The van der Waals surface area contributed by atoms with Crippen molar-refractivity contribution >= 4 is 5.91 Å². The highest BCUT2D eigenvalue weighted by atomic mass is 16.2. The normalized spacial score (nSPS) is 9.80. The van der Waals surface area contributed by atoms with Gasteiger partial charge in [0.2, 0.25) is 0 Å². The fraction of sp³-hybridized carbons (Fsp3) is 0.200. The van der Waals surface area contributed by atoms with E-state index in [0.717, 1.165) is 5.56 Å². The first-order chi connectivity index (χ1) is 9.70. The highest BCUT2D eigenvalue weighted by Crippen LogP contribution is 2.08. The number of rotatable bonds is 4. The van der Waals surface area contributed by atoms with Crippen LogP contribution < -0.4 is 0 Å². The summed E-state index contributed by atoms with van der Waals surface area (Å²) in [5.74, 6) is -0.101. The van der Waals surface area contributed by atoms with Gasteiger partial charge in [-0.3, -0.25) is 14.8 Å². The zero-order valence-corrected chi connectivity index (χ0v) is 11.2. The average molecular weight is 266 g/mol. The molecule has 2 aromatic rings. The van der Waals surface area contributed by atoms with Crippen LogP contribution in [0.1, 0.15) is 21.6 Å². The zero-order chi connectivity index (χ0) is 14.4. The molecule has 0 saturated carbocycles. The van der Waals surface area contributed by atoms with Crippen LogP contribution in [0.2, 0.25) is 0 Å². The SMILES string of the molecule is CN(Cc1cccnc1)C(=O)c1ccnc(CC#N)c1. The van der Waals surface area contributed by atoms with Crippen LogP contribution in [-0.2, 0) is 13.0 Å². The first kappa shape index (κ1) is 13.7. The molecule has 2 heterocycles. The second-order valence-electron chi connectivity index (χ2n) is 4.39. The summed E-state index contributed by atoms with van der Waals surface area (Å²) in [6, 6.07) is 9.10. The van der Waals surface area contributed by atoms with Gasteiger partial charge in [-0.05, 0) is 23.8 Å². The molecule has 0 aliphatic rings. The molecule has 1 amide bonds. The largest absolute Gasteiger partial charge is 0.337 e. The minimum Gasteiger partial charge on any atom is -0.337 e. The van der Waals surface area contributed by atoms with E-state index in [0.29, 0.717) is 17.8 Å². The lowest BCUT2D eigenvalue weighted by Crippen LogP contribution is -2.26. The van der Waals surface area contributed by atoms with Gasteiger partial charge >= 0.3 is 0 Å². The van der Waals surface area contributed by atoms with Crippen LogP contribution >= 0.6 is 0 Å². The van der Waals surface area contributed by atoms with Crippen LogP contribution in [0.25, 0.3) is 0 Å². The van der Waals surface area contributed by atoms with Crippen LogP contribution in [0, 0.1) is 11.3 Å². The van der Waals surface area contributed by atoms with Crippen molar-refractivity contribution in [2.75, 3.05) is 7.05 Å². The van der Waals surface area contributed by atoms with Crippen molar-refractivity contribution in [2.24, 2.45) is 0 Å². The Balaban J connectivity index is 2.11. The number of nitrogens with zero attached hydrogens (tertiary/aromatic N) is 4. The summed E-state index contributed by atoms with van der Waals surface area (Å²) in [6.45, 7) is 0.489. The Morgan fingerprint density at radius 3 is 2.95 bits per heavy atom. The molecule has 0 unspecified atom stereocenters. The van der Waals surface area contributed by atoms with E-state index in [1.54, 1.807) is 42.7 Å². The third-order valence-electron chi connectivity index (χ3n) is 2.81. The van der Waals surface area contributed by atoms with Gasteiger partial charge in [0.15, 0.2) is 0 Å². The van der Waals surface area contributed by atoms with Gasteiger partial charge in [0.25, 0.3) is 5.91 Å². The summed E-state index contributed by atoms with van der Waals surface area (Å²) in [7, 11) is 1.74. The Bertz CT molecular complexity index is 634. The lowest BCUT2D eigenvalue weighted by molar-refractivity contribution is 0.0784. The predicted octanol–water partition coefficient (Wildman–Crippen LogP) is 1.81. The summed E-state index contributed by atoms with van der Waals surface area (Å²) >= 11 is 0. The average Bonchev–Trinajstić information content (AvgIpc) is 2.48. The second kappa shape index (κ2) is 6.43. The van der Waals surface area contributed by atoms with Gasteiger partial charge in [0, 0.05) is 37.7 Å². The van der Waals surface area contributed by atoms with Crippen molar-refractivity contribution in [1.29, 1.82) is 5.26 Å². The molecule has 5 nitrogen and oxygen atoms in total. The molecule has 100 valence electrons. The predicted molar refractivity (Wildman–Crippen MR) is 73.6 cm³/mol. The van der Waals surface area contributed by atoms with Crippen molar-refractivity contribution in [1.82, 2.24) is 14.9 Å². The quantitative estimate of drug-likeness (QED) is 0.846. The molecule has 0 radical (unpaired) electrons. The molecule has 5 heteroatoms. The number of aromatic nitrogens is 2. The molecular weight excluding hydrogens is 252 g/mol. The van der Waals surface area contributed by atoms with E-state index < -0.39 is 0 Å². The van der Waals surface area contributed by atoms with Crippen LogP contribution in [0.5, 0.6) is 0 Å². The number of hydrogen-bond acceptors (Lipinski definition) is 4. The Labute approximate surface area is 117 Å². The second-order valence-corrected chi connectivity index (χ2v) is 4.39. The Morgan fingerprint density at radius 2 is 2.25 bits per heavy atom. The van der Waals surface area contributed by atoms with E-state index in [1.807, 2.05) is 18.2 Å². The van der Waals surface area contributed by atoms with Crippen molar-refractivity contribution in [3.63, 3.8) is 0 Å². The molecule has 0 N–H and O–H groups in total. The summed E-state index contributed by atoms with van der Waals surface area (Å²) in [5.41, 5.74) is 2.11. The number of nitriles is 1. The molecule has 20 heavy (non-hydrogen) atoms. The third-order valence-corrected chi connectivity index (χ3v) is 2.81. The monoisotopic (exact) mass is 266 g/mol. The number of pyridine rings is 2. The van der Waals surface area contributed by atoms with Crippen LogP contribution in [-0.4, -0.2) is 27.8 Å². The van der Waals surface area contributed by atoms with E-state index in [9.17, 15) is 4.79 Å². The van der Waals surface area contributed by atoms with Gasteiger partial charge in [0.05, 0.1) is 18.2 Å². The maximum absolute atomic E-state index is 12.3. The maximum Gasteiger partial charge on any atom is 0.254 e. The van der Waals surface area contributed by atoms with Gasteiger partial charge in [-0.25, -0.2) is 0 Å². The number of amides is 1. The van der Waals surface area contributed by atoms with Gasteiger partial charge in [-0.15, -0.1) is 0 Å². The molecule has 2 aromatic heterocycles. The Hall–Kier alpha value is -2.74. The van der Waals surface area contributed by atoms with Gasteiger partial charge < -0.3 is 4.90 Å². The van der Waals surface area contributed by atoms with Crippen molar-refractivity contribution in [3.8, 4) is 6.07 Å². The van der Waals surface area contributed by atoms with Crippen molar-refractivity contribution in [2.45, 2.75) is 13.0 Å².